The van der Waals surface area contributed by atoms with Gasteiger partial charge in [0.25, 0.3) is 0 Å². The van der Waals surface area contributed by atoms with E-state index in [1.807, 2.05) is 20.8 Å². The van der Waals surface area contributed by atoms with Crippen molar-refractivity contribution >= 4 is 17.9 Å². The molecule has 117 valence electrons. The van der Waals surface area contributed by atoms with Gasteiger partial charge in [0.15, 0.2) is 0 Å². The summed E-state index contributed by atoms with van der Waals surface area (Å²) in [6.45, 7) is 5.52. The largest absolute Gasteiger partial charge is 0.481 e. The Kier molecular flexibility index (Phi) is 31.1. The van der Waals surface area contributed by atoms with Crippen LogP contribution in [0, 0.1) is 0 Å². The fourth-order valence-electron chi connectivity index (χ4n) is 0.642. The molecule has 0 rings (SSSR count). The molecule has 0 aromatic heterocycles. The molecule has 0 saturated heterocycles. The third-order valence-electron chi connectivity index (χ3n) is 1.39. The van der Waals surface area contributed by atoms with E-state index < -0.39 is 17.9 Å². The van der Waals surface area contributed by atoms with Crippen molar-refractivity contribution in [2.24, 2.45) is 0 Å². The number of hydrogen-bond acceptors (Lipinski definition) is 3. The second-order valence-electron chi connectivity index (χ2n) is 3.43. The van der Waals surface area contributed by atoms with Gasteiger partial charge in [-0.2, -0.15) is 0 Å². The summed E-state index contributed by atoms with van der Waals surface area (Å²) in [6.07, 6.45) is 3.07. The van der Waals surface area contributed by atoms with Gasteiger partial charge >= 0.3 is 17.9 Å². The van der Waals surface area contributed by atoms with E-state index in [0.717, 1.165) is 19.3 Å². The van der Waals surface area contributed by atoms with E-state index in [2.05, 4.69) is 0 Å². The fourth-order valence-corrected chi connectivity index (χ4v) is 0.642. The number of carboxylic acid groups (broad SMARTS) is 3. The third-order valence-corrected chi connectivity index (χ3v) is 1.39. The zero-order valence-electron chi connectivity index (χ0n) is 11.6. The molecule has 0 aromatic rings. The van der Waals surface area contributed by atoms with Crippen molar-refractivity contribution < 1.29 is 49.2 Å². The Morgan fingerprint density at radius 2 is 0.789 bits per heavy atom. The van der Waals surface area contributed by atoms with Crippen LogP contribution < -0.4 is 0 Å². The smallest absolute Gasteiger partial charge is 0.303 e. The molecule has 0 fully saturated rings. The minimum Gasteiger partial charge on any atom is -0.481 e. The number of carboxylic acids is 3. The molecule has 0 bridgehead atoms. The quantitative estimate of drug-likeness (QED) is 0.622. The van der Waals surface area contributed by atoms with Crippen molar-refractivity contribution in [2.45, 2.75) is 59.3 Å². The summed E-state index contributed by atoms with van der Waals surface area (Å²) in [6, 6.07) is 0. The molecule has 0 aliphatic carbocycles. The van der Waals surface area contributed by atoms with E-state index in [1.54, 1.807) is 0 Å². The second kappa shape index (κ2) is 22.2. The van der Waals surface area contributed by atoms with Gasteiger partial charge in [-0.15, -0.1) is 0 Å². The minimum atomic E-state index is -0.711. The number of carbonyl (C=O) groups is 3. The van der Waals surface area contributed by atoms with Gasteiger partial charge in [-0.05, 0) is 19.3 Å². The first-order valence-corrected chi connectivity index (χ1v) is 5.97. The summed E-state index contributed by atoms with van der Waals surface area (Å²) < 4.78 is 0. The molecule has 0 spiro atoms. The predicted octanol–water partition coefficient (Wildman–Crippen LogP) is 2.61. The summed E-state index contributed by atoms with van der Waals surface area (Å²) in [7, 11) is 0. The van der Waals surface area contributed by atoms with Gasteiger partial charge in [0.05, 0.1) is 0 Å². The molecule has 1 radical (unpaired) electrons. The van der Waals surface area contributed by atoms with Crippen LogP contribution in [0.1, 0.15) is 59.3 Å². The molecule has 19 heavy (non-hydrogen) atoms. The van der Waals surface area contributed by atoms with Gasteiger partial charge in [0.2, 0.25) is 0 Å². The average Bonchev–Trinajstić information content (AvgIpc) is 2.18. The van der Waals surface area contributed by atoms with Gasteiger partial charge < -0.3 is 15.3 Å². The molecule has 0 amide bonds. The predicted molar refractivity (Wildman–Crippen MR) is 67.6 cm³/mol. The molecule has 0 saturated carbocycles. The molecule has 7 heteroatoms. The van der Waals surface area contributed by atoms with E-state index in [4.69, 9.17) is 15.3 Å². The van der Waals surface area contributed by atoms with E-state index in [9.17, 15) is 14.4 Å². The van der Waals surface area contributed by atoms with E-state index in [0.29, 0.717) is 19.3 Å². The first-order chi connectivity index (χ1) is 8.31. The van der Waals surface area contributed by atoms with E-state index >= 15 is 0 Å². The Hall–Kier alpha value is -0.967. The van der Waals surface area contributed by atoms with Crippen LogP contribution in [0.3, 0.4) is 0 Å². The summed E-state index contributed by atoms with van der Waals surface area (Å²) >= 11 is 0. The molecular weight excluding hydrogens is 343 g/mol. The first kappa shape index (κ1) is 26.6. The molecule has 6 nitrogen and oxygen atoms in total. The van der Waals surface area contributed by atoms with Crippen molar-refractivity contribution in [3.8, 4) is 0 Å². The monoisotopic (exact) mass is 367 g/mol. The Morgan fingerprint density at radius 1 is 0.632 bits per heavy atom. The van der Waals surface area contributed by atoms with Crippen LogP contribution in [0.15, 0.2) is 0 Å². The van der Waals surface area contributed by atoms with Gasteiger partial charge in [0, 0.05) is 38.7 Å². The Morgan fingerprint density at radius 3 is 0.789 bits per heavy atom. The van der Waals surface area contributed by atoms with Crippen molar-refractivity contribution in [1.82, 2.24) is 0 Å². The number of aliphatic carboxylic acids is 3. The van der Waals surface area contributed by atoms with Crippen molar-refractivity contribution in [2.75, 3.05) is 0 Å². The van der Waals surface area contributed by atoms with E-state index in [-0.39, 0.29) is 19.5 Å². The molecule has 0 aliphatic heterocycles. The van der Waals surface area contributed by atoms with Crippen molar-refractivity contribution in [3.63, 3.8) is 0 Å². The summed E-state index contributed by atoms with van der Waals surface area (Å²) in [5.41, 5.74) is 0. The van der Waals surface area contributed by atoms with Gasteiger partial charge in [-0.25, -0.2) is 0 Å². The van der Waals surface area contributed by atoms with Crippen molar-refractivity contribution in [3.05, 3.63) is 0 Å². The zero-order valence-corrected chi connectivity index (χ0v) is 13.3. The minimum absolute atomic E-state index is 0. The summed E-state index contributed by atoms with van der Waals surface area (Å²) in [5, 5.41) is 23.7. The van der Waals surface area contributed by atoms with E-state index in [1.165, 1.54) is 0 Å². The maximum atomic E-state index is 9.60. The second-order valence-corrected chi connectivity index (χ2v) is 3.43. The van der Waals surface area contributed by atoms with Crippen LogP contribution in [0.2, 0.25) is 0 Å². The maximum absolute atomic E-state index is 9.60. The summed E-state index contributed by atoms with van der Waals surface area (Å²) in [4.78, 5) is 28.8. The van der Waals surface area contributed by atoms with Crippen LogP contribution in [0.5, 0.6) is 0 Å². The van der Waals surface area contributed by atoms with Gasteiger partial charge in [-0.3, -0.25) is 14.4 Å². The number of rotatable bonds is 6. The van der Waals surface area contributed by atoms with Crippen LogP contribution in [0.4, 0.5) is 0 Å². The molecule has 0 aliphatic rings. The molecule has 0 atom stereocenters. The van der Waals surface area contributed by atoms with Crippen LogP contribution in [-0.2, 0) is 33.9 Å². The topological polar surface area (TPSA) is 112 Å². The standard InChI is InChI=1S/3C4H8O2.Rh/c3*1-2-3-4(5)6;/h3*2-3H2,1H3,(H,5,6);. The molecule has 0 unspecified atom stereocenters. The summed E-state index contributed by atoms with van der Waals surface area (Å²) in [5.74, 6) is -2.13. The van der Waals surface area contributed by atoms with Crippen molar-refractivity contribution in [1.29, 1.82) is 0 Å². The number of hydrogen-bond donors (Lipinski definition) is 3. The fraction of sp³-hybridized carbons (Fsp3) is 0.750. The van der Waals surface area contributed by atoms with Crippen LogP contribution >= 0.6 is 0 Å². The van der Waals surface area contributed by atoms with Crippen LogP contribution in [-0.4, -0.2) is 33.2 Å². The maximum Gasteiger partial charge on any atom is 0.303 e. The Bertz CT molecular complexity index is 192. The SMILES string of the molecule is CCCC(=O)O.CCCC(=O)O.CCCC(=O)O.[Rh]. The normalized spacial score (nSPS) is 7.74. The molecular formula is C12H24O6Rh. The first-order valence-electron chi connectivity index (χ1n) is 5.97. The molecule has 3 N–H and O–H groups in total. The molecule has 0 aromatic carbocycles. The third kappa shape index (κ3) is 59.7. The molecule has 0 heterocycles. The van der Waals surface area contributed by atoms with Gasteiger partial charge in [-0.1, -0.05) is 20.8 Å². The Balaban J connectivity index is -0.0000000865. The Labute approximate surface area is 127 Å². The van der Waals surface area contributed by atoms with Gasteiger partial charge in [0.1, 0.15) is 0 Å². The van der Waals surface area contributed by atoms with Crippen LogP contribution in [0.25, 0.3) is 0 Å². The zero-order chi connectivity index (χ0) is 15.0. The average molecular weight is 367 g/mol.